The first kappa shape index (κ1) is 11.3. The second-order valence-corrected chi connectivity index (χ2v) is 3.46. The highest BCUT2D eigenvalue weighted by Gasteiger charge is 2.08. The molecule has 0 amide bonds. The Hall–Kier alpha value is -2.18. The summed E-state index contributed by atoms with van der Waals surface area (Å²) in [6, 6.07) is 0.254. The molecule has 0 saturated heterocycles. The van der Waals surface area contributed by atoms with Gasteiger partial charge in [0.2, 0.25) is 5.95 Å². The van der Waals surface area contributed by atoms with E-state index in [-0.39, 0.29) is 12.0 Å². The molecule has 2 aromatic rings. The summed E-state index contributed by atoms with van der Waals surface area (Å²) in [6.07, 6.45) is 4.09. The number of hydrogen-bond donors (Lipinski definition) is 1. The van der Waals surface area contributed by atoms with Crippen LogP contribution in [-0.4, -0.2) is 31.1 Å². The molecular weight excluding hydrogens is 220 g/mol. The molecule has 2 aromatic heterocycles. The molecular formula is C10H14N6O. The molecule has 2 heterocycles. The lowest BCUT2D eigenvalue weighted by atomic mass is 10.4. The fraction of sp³-hybridized carbons (Fsp3) is 0.400. The Morgan fingerprint density at radius 3 is 2.82 bits per heavy atom. The second kappa shape index (κ2) is 4.77. The summed E-state index contributed by atoms with van der Waals surface area (Å²) in [6.45, 7) is 2.35. The van der Waals surface area contributed by atoms with Gasteiger partial charge < -0.3 is 15.0 Å². The van der Waals surface area contributed by atoms with E-state index in [9.17, 15) is 0 Å². The lowest BCUT2D eigenvalue weighted by molar-refractivity contribution is 0.310. The van der Waals surface area contributed by atoms with Gasteiger partial charge in [-0.05, 0) is 6.92 Å². The normalized spacial score (nSPS) is 10.5. The fourth-order valence-electron chi connectivity index (χ4n) is 1.40. The third-order valence-corrected chi connectivity index (χ3v) is 2.19. The van der Waals surface area contributed by atoms with Crippen molar-refractivity contribution < 1.29 is 4.74 Å². The summed E-state index contributed by atoms with van der Waals surface area (Å²) in [5.41, 5.74) is 5.59. The molecule has 0 aromatic carbocycles. The van der Waals surface area contributed by atoms with E-state index in [1.54, 1.807) is 6.20 Å². The fourth-order valence-corrected chi connectivity index (χ4v) is 1.40. The van der Waals surface area contributed by atoms with Gasteiger partial charge >= 0.3 is 6.01 Å². The molecule has 7 heteroatoms. The summed E-state index contributed by atoms with van der Waals surface area (Å²) in [5, 5.41) is 0. The van der Waals surface area contributed by atoms with Crippen LogP contribution in [0.1, 0.15) is 18.6 Å². The van der Waals surface area contributed by atoms with Gasteiger partial charge in [0.1, 0.15) is 11.6 Å². The molecule has 17 heavy (non-hydrogen) atoms. The number of anilines is 1. The van der Waals surface area contributed by atoms with Crippen molar-refractivity contribution in [1.82, 2.24) is 24.5 Å². The molecule has 0 bridgehead atoms. The molecule has 0 radical (unpaired) electrons. The standard InChI is InChI=1S/C10H14N6O/c1-3-17-10-14-7(13-9(11)15-10)6-8-12-4-5-16(8)2/h4-5H,3,6H2,1-2H3,(H2,11,13,14,15). The Bertz CT molecular complexity index is 509. The van der Waals surface area contributed by atoms with Gasteiger partial charge in [0, 0.05) is 19.4 Å². The second-order valence-electron chi connectivity index (χ2n) is 3.46. The third kappa shape index (κ3) is 2.68. The minimum Gasteiger partial charge on any atom is -0.464 e. The minimum atomic E-state index is 0.160. The minimum absolute atomic E-state index is 0.160. The number of nitrogens with zero attached hydrogens (tertiary/aromatic N) is 5. The van der Waals surface area contributed by atoms with Crippen LogP contribution >= 0.6 is 0 Å². The van der Waals surface area contributed by atoms with Crippen LogP contribution in [0.4, 0.5) is 5.95 Å². The van der Waals surface area contributed by atoms with Gasteiger partial charge in [-0.25, -0.2) is 4.98 Å². The van der Waals surface area contributed by atoms with Crippen molar-refractivity contribution in [3.05, 3.63) is 24.0 Å². The van der Waals surface area contributed by atoms with E-state index in [1.165, 1.54) is 0 Å². The molecule has 0 saturated carbocycles. The molecule has 0 aliphatic heterocycles. The van der Waals surface area contributed by atoms with Crippen LogP contribution in [0.15, 0.2) is 12.4 Å². The number of nitrogens with two attached hydrogens (primary N) is 1. The van der Waals surface area contributed by atoms with Gasteiger partial charge in [-0.15, -0.1) is 0 Å². The van der Waals surface area contributed by atoms with Gasteiger partial charge in [0.15, 0.2) is 0 Å². The zero-order valence-electron chi connectivity index (χ0n) is 9.79. The molecule has 0 aliphatic carbocycles. The highest BCUT2D eigenvalue weighted by molar-refractivity contribution is 5.19. The molecule has 0 atom stereocenters. The first-order chi connectivity index (χ1) is 8.19. The summed E-state index contributed by atoms with van der Waals surface area (Å²) in [5.74, 6) is 1.57. The molecule has 0 spiro atoms. The van der Waals surface area contributed by atoms with E-state index < -0.39 is 0 Å². The Kier molecular flexibility index (Phi) is 3.17. The monoisotopic (exact) mass is 234 g/mol. The van der Waals surface area contributed by atoms with Gasteiger partial charge in [-0.2, -0.15) is 15.0 Å². The summed E-state index contributed by atoms with van der Waals surface area (Å²) in [4.78, 5) is 16.3. The molecule has 2 rings (SSSR count). The van der Waals surface area contributed by atoms with E-state index in [4.69, 9.17) is 10.5 Å². The van der Waals surface area contributed by atoms with Crippen molar-refractivity contribution >= 4 is 5.95 Å². The Morgan fingerprint density at radius 2 is 2.18 bits per heavy atom. The van der Waals surface area contributed by atoms with Crippen LogP contribution < -0.4 is 10.5 Å². The zero-order valence-corrected chi connectivity index (χ0v) is 9.79. The molecule has 0 unspecified atom stereocenters. The van der Waals surface area contributed by atoms with Crippen molar-refractivity contribution in [1.29, 1.82) is 0 Å². The summed E-state index contributed by atoms with van der Waals surface area (Å²) in [7, 11) is 1.91. The number of hydrogen-bond acceptors (Lipinski definition) is 6. The van der Waals surface area contributed by atoms with Crippen LogP contribution in [0.5, 0.6) is 6.01 Å². The SMILES string of the molecule is CCOc1nc(N)nc(Cc2nccn2C)n1. The lowest BCUT2D eigenvalue weighted by Crippen LogP contribution is -2.09. The number of ether oxygens (including phenoxy) is 1. The topological polar surface area (TPSA) is 91.7 Å². The largest absolute Gasteiger partial charge is 0.464 e. The van der Waals surface area contributed by atoms with Gasteiger partial charge in [0.05, 0.1) is 13.0 Å². The van der Waals surface area contributed by atoms with Crippen LogP contribution in [0.25, 0.3) is 0 Å². The predicted octanol–water partition coefficient (Wildman–Crippen LogP) is 0.177. The van der Waals surface area contributed by atoms with E-state index >= 15 is 0 Å². The molecule has 2 N–H and O–H groups in total. The average Bonchev–Trinajstić information content (AvgIpc) is 2.64. The van der Waals surface area contributed by atoms with Crippen LogP contribution in [-0.2, 0) is 13.5 Å². The summed E-state index contributed by atoms with van der Waals surface area (Å²) >= 11 is 0. The van der Waals surface area contributed by atoms with Gasteiger partial charge in [-0.1, -0.05) is 0 Å². The molecule has 0 fully saturated rings. The van der Waals surface area contributed by atoms with Crippen molar-refractivity contribution in [2.45, 2.75) is 13.3 Å². The quantitative estimate of drug-likeness (QED) is 0.811. The van der Waals surface area contributed by atoms with Gasteiger partial charge in [-0.3, -0.25) is 0 Å². The highest BCUT2D eigenvalue weighted by atomic mass is 16.5. The third-order valence-electron chi connectivity index (χ3n) is 2.19. The maximum Gasteiger partial charge on any atom is 0.321 e. The number of rotatable bonds is 4. The van der Waals surface area contributed by atoms with Crippen LogP contribution in [0, 0.1) is 0 Å². The highest BCUT2D eigenvalue weighted by Crippen LogP contribution is 2.08. The predicted molar refractivity (Wildman–Crippen MR) is 61.4 cm³/mol. The first-order valence-corrected chi connectivity index (χ1v) is 5.28. The number of imidazole rings is 1. The maximum atomic E-state index is 5.59. The molecule has 90 valence electrons. The van der Waals surface area contributed by atoms with E-state index in [1.807, 2.05) is 24.7 Å². The number of aromatic nitrogens is 5. The number of aryl methyl sites for hydroxylation is 1. The Morgan fingerprint density at radius 1 is 1.35 bits per heavy atom. The van der Waals surface area contributed by atoms with Crippen molar-refractivity contribution in [3.63, 3.8) is 0 Å². The maximum absolute atomic E-state index is 5.59. The first-order valence-electron chi connectivity index (χ1n) is 5.28. The molecule has 7 nitrogen and oxygen atoms in total. The Labute approximate surface area is 98.7 Å². The Balaban J connectivity index is 2.23. The van der Waals surface area contributed by atoms with Gasteiger partial charge in [0.25, 0.3) is 0 Å². The lowest BCUT2D eigenvalue weighted by Gasteiger charge is -2.05. The van der Waals surface area contributed by atoms with E-state index in [0.717, 1.165) is 5.82 Å². The summed E-state index contributed by atoms with van der Waals surface area (Å²) < 4.78 is 7.11. The van der Waals surface area contributed by atoms with Crippen LogP contribution in [0.3, 0.4) is 0 Å². The smallest absolute Gasteiger partial charge is 0.321 e. The van der Waals surface area contributed by atoms with Crippen molar-refractivity contribution in [2.75, 3.05) is 12.3 Å². The van der Waals surface area contributed by atoms with Crippen molar-refractivity contribution in [2.24, 2.45) is 7.05 Å². The molecule has 0 aliphatic rings. The number of nitrogen functional groups attached to an aromatic ring is 1. The van der Waals surface area contributed by atoms with Crippen molar-refractivity contribution in [3.8, 4) is 6.01 Å². The average molecular weight is 234 g/mol. The van der Waals surface area contributed by atoms with Crippen LogP contribution in [0.2, 0.25) is 0 Å². The van der Waals surface area contributed by atoms with E-state index in [2.05, 4.69) is 19.9 Å². The zero-order chi connectivity index (χ0) is 12.3. The van der Waals surface area contributed by atoms with E-state index in [0.29, 0.717) is 18.9 Å².